The molecule has 5 nitrogen and oxygen atoms in total. The van der Waals surface area contributed by atoms with Crippen LogP contribution in [0.25, 0.3) is 11.4 Å². The van der Waals surface area contributed by atoms with Crippen LogP contribution in [-0.2, 0) is 18.0 Å². The SMILES string of the molecule is COc1cc(COCCCC2=NC(c3ccccc3)=C(c3ccccc3)[N]2)ccc1OCc1ccccc1. The van der Waals surface area contributed by atoms with E-state index in [1.165, 1.54) is 0 Å². The number of amidine groups is 1. The van der Waals surface area contributed by atoms with Crippen molar-refractivity contribution in [2.45, 2.75) is 26.1 Å². The van der Waals surface area contributed by atoms with E-state index in [0.717, 1.165) is 58.1 Å². The van der Waals surface area contributed by atoms with Crippen LogP contribution in [0.4, 0.5) is 0 Å². The first-order valence-corrected chi connectivity index (χ1v) is 12.9. The third kappa shape index (κ3) is 6.50. The minimum Gasteiger partial charge on any atom is -0.493 e. The molecule has 0 amide bonds. The fourth-order valence-electron chi connectivity index (χ4n) is 4.27. The zero-order valence-corrected chi connectivity index (χ0v) is 21.5. The lowest BCUT2D eigenvalue weighted by atomic mass is 10.1. The summed E-state index contributed by atoms with van der Waals surface area (Å²) in [6.45, 7) is 1.61. The molecule has 0 N–H and O–H groups in total. The van der Waals surface area contributed by atoms with Gasteiger partial charge in [-0.2, -0.15) is 0 Å². The van der Waals surface area contributed by atoms with Gasteiger partial charge in [-0.1, -0.05) is 97.1 Å². The van der Waals surface area contributed by atoms with Gasteiger partial charge in [-0.25, -0.2) is 10.3 Å². The highest BCUT2D eigenvalue weighted by Crippen LogP contribution is 2.32. The van der Waals surface area contributed by atoms with Crippen molar-refractivity contribution in [3.05, 3.63) is 131 Å². The topological polar surface area (TPSA) is 54.2 Å². The number of aliphatic imine (C=N–C) groups is 1. The van der Waals surface area contributed by atoms with Gasteiger partial charge in [0.2, 0.25) is 0 Å². The summed E-state index contributed by atoms with van der Waals surface area (Å²) in [5.41, 5.74) is 6.15. The number of benzene rings is 4. The third-order valence-electron chi connectivity index (χ3n) is 6.22. The molecule has 5 heteroatoms. The lowest BCUT2D eigenvalue weighted by molar-refractivity contribution is 0.119. The Kier molecular flexibility index (Phi) is 8.49. The first kappa shape index (κ1) is 25.3. The summed E-state index contributed by atoms with van der Waals surface area (Å²) in [6, 6.07) is 36.5. The molecule has 0 aromatic heterocycles. The normalized spacial score (nSPS) is 12.7. The molecule has 0 aliphatic carbocycles. The Morgan fingerprint density at radius 1 is 0.632 bits per heavy atom. The first-order valence-electron chi connectivity index (χ1n) is 12.9. The predicted molar refractivity (Wildman–Crippen MR) is 152 cm³/mol. The van der Waals surface area contributed by atoms with Crippen molar-refractivity contribution in [3.8, 4) is 11.5 Å². The molecule has 4 aromatic carbocycles. The third-order valence-corrected chi connectivity index (χ3v) is 6.22. The molecule has 4 aromatic rings. The van der Waals surface area contributed by atoms with Gasteiger partial charge in [0.05, 0.1) is 25.1 Å². The highest BCUT2D eigenvalue weighted by Gasteiger charge is 2.21. The van der Waals surface area contributed by atoms with Crippen molar-refractivity contribution >= 4 is 17.2 Å². The molecule has 0 saturated carbocycles. The molecule has 0 atom stereocenters. The van der Waals surface area contributed by atoms with Crippen molar-refractivity contribution < 1.29 is 14.2 Å². The number of hydrogen-bond donors (Lipinski definition) is 0. The molecule has 191 valence electrons. The van der Waals surface area contributed by atoms with E-state index in [4.69, 9.17) is 24.5 Å². The molecule has 1 radical (unpaired) electrons. The van der Waals surface area contributed by atoms with Gasteiger partial charge < -0.3 is 14.2 Å². The lowest BCUT2D eigenvalue weighted by Crippen LogP contribution is -2.11. The summed E-state index contributed by atoms with van der Waals surface area (Å²) in [6.07, 6.45) is 1.59. The van der Waals surface area contributed by atoms with E-state index in [2.05, 4.69) is 24.3 Å². The maximum atomic E-state index is 5.96. The van der Waals surface area contributed by atoms with Crippen molar-refractivity contribution in [2.75, 3.05) is 13.7 Å². The van der Waals surface area contributed by atoms with E-state index in [1.807, 2.05) is 84.9 Å². The number of nitrogens with zero attached hydrogens (tertiary/aromatic N) is 2. The molecule has 0 fully saturated rings. The molecular formula is C33H31N2O3. The van der Waals surface area contributed by atoms with Crippen LogP contribution in [-0.4, -0.2) is 19.6 Å². The predicted octanol–water partition coefficient (Wildman–Crippen LogP) is 7.11. The van der Waals surface area contributed by atoms with Crippen LogP contribution in [0.2, 0.25) is 0 Å². The Labute approximate surface area is 224 Å². The van der Waals surface area contributed by atoms with Gasteiger partial charge in [0.25, 0.3) is 0 Å². The monoisotopic (exact) mass is 503 g/mol. The summed E-state index contributed by atoms with van der Waals surface area (Å²) < 4.78 is 17.5. The summed E-state index contributed by atoms with van der Waals surface area (Å²) in [5, 5.41) is 4.89. The summed E-state index contributed by atoms with van der Waals surface area (Å²) in [7, 11) is 1.66. The van der Waals surface area contributed by atoms with Crippen LogP contribution < -0.4 is 14.8 Å². The largest absolute Gasteiger partial charge is 0.493 e. The quantitative estimate of drug-likeness (QED) is 0.194. The van der Waals surface area contributed by atoms with Gasteiger partial charge in [-0.3, -0.25) is 0 Å². The average Bonchev–Trinajstić information content (AvgIpc) is 3.42. The highest BCUT2D eigenvalue weighted by molar-refractivity contribution is 6.07. The van der Waals surface area contributed by atoms with Gasteiger partial charge in [-0.15, -0.1) is 0 Å². The van der Waals surface area contributed by atoms with E-state index >= 15 is 0 Å². The molecule has 0 bridgehead atoms. The minimum absolute atomic E-state index is 0.495. The molecule has 38 heavy (non-hydrogen) atoms. The van der Waals surface area contributed by atoms with Crippen molar-refractivity contribution in [1.29, 1.82) is 0 Å². The Morgan fingerprint density at radius 3 is 1.97 bits per heavy atom. The van der Waals surface area contributed by atoms with Gasteiger partial charge in [0.15, 0.2) is 11.5 Å². The molecule has 1 aliphatic heterocycles. The Morgan fingerprint density at radius 2 is 1.29 bits per heavy atom. The van der Waals surface area contributed by atoms with Crippen molar-refractivity contribution in [3.63, 3.8) is 0 Å². The molecule has 1 heterocycles. The molecular weight excluding hydrogens is 472 g/mol. The Hall–Kier alpha value is -4.35. The average molecular weight is 504 g/mol. The van der Waals surface area contributed by atoms with Gasteiger partial charge >= 0.3 is 0 Å². The van der Waals surface area contributed by atoms with E-state index < -0.39 is 0 Å². The summed E-state index contributed by atoms with van der Waals surface area (Å²) >= 11 is 0. The molecule has 0 spiro atoms. The van der Waals surface area contributed by atoms with Crippen LogP contribution in [0.3, 0.4) is 0 Å². The van der Waals surface area contributed by atoms with Gasteiger partial charge in [0.1, 0.15) is 12.4 Å². The first-order chi connectivity index (χ1) is 18.8. The van der Waals surface area contributed by atoms with E-state index in [1.54, 1.807) is 7.11 Å². The maximum absolute atomic E-state index is 5.96. The standard InChI is InChI=1S/C33H31N2O3/c1-36-30-22-26(19-20-29(30)38-24-25-12-5-2-6-13-25)23-37-21-11-18-31-34-32(27-14-7-3-8-15-27)33(35-31)28-16-9-4-10-17-28/h2-10,12-17,19-20,22H,11,18,21,23-24H2,1H3. The number of ether oxygens (including phenoxy) is 3. The Balaban J connectivity index is 1.12. The second kappa shape index (κ2) is 12.7. The van der Waals surface area contributed by atoms with Crippen LogP contribution in [0.15, 0.2) is 114 Å². The minimum atomic E-state index is 0.495. The highest BCUT2D eigenvalue weighted by atomic mass is 16.5. The smallest absolute Gasteiger partial charge is 0.161 e. The molecule has 1 aliphatic rings. The zero-order valence-electron chi connectivity index (χ0n) is 21.5. The van der Waals surface area contributed by atoms with E-state index in [9.17, 15) is 0 Å². The lowest BCUT2D eigenvalue weighted by Gasteiger charge is -2.12. The van der Waals surface area contributed by atoms with E-state index in [0.29, 0.717) is 25.6 Å². The second-order valence-corrected chi connectivity index (χ2v) is 8.98. The maximum Gasteiger partial charge on any atom is 0.161 e. The molecule has 0 unspecified atom stereocenters. The zero-order chi connectivity index (χ0) is 26.0. The molecule has 5 rings (SSSR count). The van der Waals surface area contributed by atoms with Gasteiger partial charge in [0, 0.05) is 24.2 Å². The fourth-order valence-corrected chi connectivity index (χ4v) is 4.27. The number of rotatable bonds is 12. The second-order valence-electron chi connectivity index (χ2n) is 8.98. The van der Waals surface area contributed by atoms with Crippen LogP contribution >= 0.6 is 0 Å². The number of hydrogen-bond acceptors (Lipinski definition) is 4. The van der Waals surface area contributed by atoms with Crippen LogP contribution in [0.1, 0.15) is 35.1 Å². The van der Waals surface area contributed by atoms with Gasteiger partial charge in [-0.05, 0) is 29.7 Å². The summed E-state index contributed by atoms with van der Waals surface area (Å²) in [5.74, 6) is 2.26. The Bertz CT molecular complexity index is 1380. The van der Waals surface area contributed by atoms with Crippen LogP contribution in [0.5, 0.6) is 11.5 Å². The molecule has 0 saturated heterocycles. The van der Waals surface area contributed by atoms with Crippen molar-refractivity contribution in [1.82, 2.24) is 5.32 Å². The van der Waals surface area contributed by atoms with Crippen LogP contribution in [0, 0.1) is 0 Å². The van der Waals surface area contributed by atoms with Crippen molar-refractivity contribution in [2.24, 2.45) is 4.99 Å². The summed E-state index contributed by atoms with van der Waals surface area (Å²) in [4.78, 5) is 4.89. The van der Waals surface area contributed by atoms with E-state index in [-0.39, 0.29) is 0 Å². The number of methoxy groups -OCH3 is 1. The fraction of sp³-hybridized carbons (Fsp3) is 0.182.